The van der Waals surface area contributed by atoms with Gasteiger partial charge in [0.1, 0.15) is 0 Å². The number of anilines is 1. The number of benzene rings is 3. The number of aromatic nitrogens is 3. The van der Waals surface area contributed by atoms with Crippen LogP contribution in [0.25, 0.3) is 17.1 Å². The molecule has 4 nitrogen and oxygen atoms in total. The summed E-state index contributed by atoms with van der Waals surface area (Å²) in [6.07, 6.45) is 0. The van der Waals surface area contributed by atoms with E-state index in [0.717, 1.165) is 33.7 Å². The molecule has 4 rings (SSSR count). The number of hydrogen-bond acceptors (Lipinski definition) is 4. The molecule has 4 aromatic rings. The van der Waals surface area contributed by atoms with Gasteiger partial charge in [-0.1, -0.05) is 59.8 Å². The van der Waals surface area contributed by atoms with Gasteiger partial charge >= 0.3 is 0 Å². The average molecular weight is 372 g/mol. The Morgan fingerprint density at radius 2 is 1.56 bits per heavy atom. The summed E-state index contributed by atoms with van der Waals surface area (Å²) in [6, 6.07) is 26.6. The van der Waals surface area contributed by atoms with Gasteiger partial charge in [0.25, 0.3) is 0 Å². The molecule has 0 spiro atoms. The van der Waals surface area contributed by atoms with Gasteiger partial charge in [0, 0.05) is 22.7 Å². The van der Waals surface area contributed by atoms with Crippen LogP contribution in [-0.4, -0.2) is 14.8 Å². The molecule has 1 aromatic heterocycles. The Kier molecular flexibility index (Phi) is 4.94. The Bertz CT molecular complexity index is 1020. The number of hydrogen-bond donors (Lipinski definition) is 1. The highest BCUT2D eigenvalue weighted by Crippen LogP contribution is 2.30. The summed E-state index contributed by atoms with van der Waals surface area (Å²) in [6.45, 7) is 2.09. The molecule has 0 saturated heterocycles. The van der Waals surface area contributed by atoms with E-state index in [1.165, 1.54) is 11.1 Å². The second-order valence-corrected chi connectivity index (χ2v) is 7.32. The van der Waals surface area contributed by atoms with Crippen molar-refractivity contribution in [1.29, 1.82) is 0 Å². The number of thioether (sulfide) groups is 1. The molecular formula is C22H20N4S. The molecule has 0 bridgehead atoms. The quantitative estimate of drug-likeness (QED) is 0.390. The molecule has 3 aromatic carbocycles. The molecule has 0 aliphatic rings. The third-order valence-electron chi connectivity index (χ3n) is 4.31. The minimum atomic E-state index is 0.735. The van der Waals surface area contributed by atoms with E-state index >= 15 is 0 Å². The summed E-state index contributed by atoms with van der Waals surface area (Å²) in [5.41, 5.74) is 11.1. The van der Waals surface area contributed by atoms with Gasteiger partial charge in [-0.25, -0.2) is 0 Å². The van der Waals surface area contributed by atoms with Crippen LogP contribution < -0.4 is 5.73 Å². The lowest BCUT2D eigenvalue weighted by molar-refractivity contribution is 0.885. The van der Waals surface area contributed by atoms with E-state index in [4.69, 9.17) is 5.73 Å². The fraction of sp³-hybridized carbons (Fsp3) is 0.0909. The van der Waals surface area contributed by atoms with Crippen molar-refractivity contribution in [3.05, 3.63) is 90.0 Å². The lowest BCUT2D eigenvalue weighted by Crippen LogP contribution is -2.00. The summed E-state index contributed by atoms with van der Waals surface area (Å²) in [5, 5.41) is 9.82. The molecule has 2 N–H and O–H groups in total. The molecule has 0 saturated carbocycles. The Morgan fingerprint density at radius 3 is 2.26 bits per heavy atom. The van der Waals surface area contributed by atoms with Crippen molar-refractivity contribution in [1.82, 2.24) is 14.8 Å². The van der Waals surface area contributed by atoms with Gasteiger partial charge in [-0.3, -0.25) is 4.57 Å². The van der Waals surface area contributed by atoms with Gasteiger partial charge in [0.2, 0.25) is 0 Å². The topological polar surface area (TPSA) is 56.7 Å². The van der Waals surface area contributed by atoms with Crippen molar-refractivity contribution in [2.75, 3.05) is 5.73 Å². The first-order valence-electron chi connectivity index (χ1n) is 8.76. The van der Waals surface area contributed by atoms with E-state index in [9.17, 15) is 0 Å². The number of rotatable bonds is 5. The van der Waals surface area contributed by atoms with E-state index in [2.05, 4.69) is 70.2 Å². The molecule has 1 heterocycles. The Morgan fingerprint density at radius 1 is 0.852 bits per heavy atom. The highest BCUT2D eigenvalue weighted by atomic mass is 32.2. The molecule has 134 valence electrons. The SMILES string of the molecule is Cc1ccc(-n2c(SCc3ccccc3)nnc2-c2ccc(N)cc2)cc1. The van der Waals surface area contributed by atoms with Gasteiger partial charge < -0.3 is 5.73 Å². The molecule has 0 atom stereocenters. The van der Waals surface area contributed by atoms with Crippen molar-refractivity contribution in [2.24, 2.45) is 0 Å². The minimum absolute atomic E-state index is 0.735. The molecule has 27 heavy (non-hydrogen) atoms. The summed E-state index contributed by atoms with van der Waals surface area (Å²) in [4.78, 5) is 0. The molecule has 0 radical (unpaired) electrons. The van der Waals surface area contributed by atoms with E-state index in [1.54, 1.807) is 11.8 Å². The molecule has 0 aliphatic carbocycles. The second kappa shape index (κ2) is 7.68. The van der Waals surface area contributed by atoms with Crippen molar-refractivity contribution in [3.63, 3.8) is 0 Å². The normalized spacial score (nSPS) is 10.9. The van der Waals surface area contributed by atoms with Gasteiger partial charge in [-0.15, -0.1) is 10.2 Å². The first-order valence-corrected chi connectivity index (χ1v) is 9.74. The van der Waals surface area contributed by atoms with E-state index < -0.39 is 0 Å². The zero-order valence-corrected chi connectivity index (χ0v) is 15.9. The maximum Gasteiger partial charge on any atom is 0.196 e. The summed E-state index contributed by atoms with van der Waals surface area (Å²) in [7, 11) is 0. The number of nitrogen functional groups attached to an aromatic ring is 1. The predicted octanol–water partition coefficient (Wildman–Crippen LogP) is 5.12. The van der Waals surface area contributed by atoms with Crippen LogP contribution >= 0.6 is 11.8 Å². The van der Waals surface area contributed by atoms with Crippen LogP contribution in [0, 0.1) is 6.92 Å². The highest BCUT2D eigenvalue weighted by Gasteiger charge is 2.16. The molecule has 0 fully saturated rings. The van der Waals surface area contributed by atoms with Crippen LogP contribution in [0.3, 0.4) is 0 Å². The number of nitrogens with zero attached hydrogens (tertiary/aromatic N) is 3. The molecular weight excluding hydrogens is 352 g/mol. The van der Waals surface area contributed by atoms with Crippen LogP contribution in [-0.2, 0) is 5.75 Å². The minimum Gasteiger partial charge on any atom is -0.399 e. The fourth-order valence-corrected chi connectivity index (χ4v) is 3.74. The fourth-order valence-electron chi connectivity index (χ4n) is 2.83. The Balaban J connectivity index is 1.74. The lowest BCUT2D eigenvalue weighted by Gasteiger charge is -2.11. The third-order valence-corrected chi connectivity index (χ3v) is 5.31. The largest absolute Gasteiger partial charge is 0.399 e. The van der Waals surface area contributed by atoms with Gasteiger partial charge in [0.05, 0.1) is 0 Å². The number of nitrogens with two attached hydrogens (primary N) is 1. The highest BCUT2D eigenvalue weighted by molar-refractivity contribution is 7.98. The zero-order valence-electron chi connectivity index (χ0n) is 15.0. The second-order valence-electron chi connectivity index (χ2n) is 6.37. The first kappa shape index (κ1) is 17.4. The standard InChI is InChI=1S/C22H20N4S/c1-16-7-13-20(14-8-16)26-21(18-9-11-19(23)12-10-18)24-25-22(26)27-15-17-5-3-2-4-6-17/h2-14H,15,23H2,1H3. The van der Waals surface area contributed by atoms with Crippen LogP contribution in [0.1, 0.15) is 11.1 Å². The average Bonchev–Trinajstić information content (AvgIpc) is 3.12. The summed E-state index contributed by atoms with van der Waals surface area (Å²) >= 11 is 1.68. The lowest BCUT2D eigenvalue weighted by atomic mass is 10.2. The van der Waals surface area contributed by atoms with Crippen molar-refractivity contribution in [3.8, 4) is 17.1 Å². The molecule has 0 amide bonds. The van der Waals surface area contributed by atoms with Crippen LogP contribution in [0.15, 0.2) is 84.0 Å². The predicted molar refractivity (Wildman–Crippen MR) is 112 cm³/mol. The maximum atomic E-state index is 5.84. The molecule has 5 heteroatoms. The monoisotopic (exact) mass is 372 g/mol. The maximum absolute atomic E-state index is 5.84. The third kappa shape index (κ3) is 3.88. The van der Waals surface area contributed by atoms with Gasteiger partial charge in [-0.05, 0) is 48.9 Å². The van der Waals surface area contributed by atoms with Gasteiger partial charge in [0.15, 0.2) is 11.0 Å². The molecule has 0 unspecified atom stereocenters. The van der Waals surface area contributed by atoms with Crippen molar-refractivity contribution >= 4 is 17.4 Å². The number of aryl methyl sites for hydroxylation is 1. The Hall–Kier alpha value is -3.05. The van der Waals surface area contributed by atoms with Crippen molar-refractivity contribution in [2.45, 2.75) is 17.8 Å². The smallest absolute Gasteiger partial charge is 0.196 e. The van der Waals surface area contributed by atoms with E-state index in [0.29, 0.717) is 0 Å². The zero-order chi connectivity index (χ0) is 18.6. The Labute approximate surface area is 163 Å². The summed E-state index contributed by atoms with van der Waals surface area (Å²) < 4.78 is 2.11. The van der Waals surface area contributed by atoms with Crippen molar-refractivity contribution < 1.29 is 0 Å². The summed E-state index contributed by atoms with van der Waals surface area (Å²) in [5.74, 6) is 1.65. The molecule has 0 aliphatic heterocycles. The van der Waals surface area contributed by atoms with E-state index in [-0.39, 0.29) is 0 Å². The van der Waals surface area contributed by atoms with Crippen LogP contribution in [0.5, 0.6) is 0 Å². The first-order chi connectivity index (χ1) is 13.2. The van der Waals surface area contributed by atoms with Crippen LogP contribution in [0.4, 0.5) is 5.69 Å². The van der Waals surface area contributed by atoms with E-state index in [1.807, 2.05) is 30.3 Å². The van der Waals surface area contributed by atoms with Gasteiger partial charge in [-0.2, -0.15) is 0 Å². The van der Waals surface area contributed by atoms with Crippen LogP contribution in [0.2, 0.25) is 0 Å².